The van der Waals surface area contributed by atoms with Crippen molar-refractivity contribution in [3.8, 4) is 11.5 Å². The monoisotopic (exact) mass is 341 g/mol. The molecule has 0 spiro atoms. The van der Waals surface area contributed by atoms with Crippen LogP contribution in [-0.4, -0.2) is 20.1 Å². The van der Waals surface area contributed by atoms with Crippen LogP contribution >= 0.6 is 0 Å². The fraction of sp³-hybridized carbons (Fsp3) is 0.381. The molecule has 0 unspecified atom stereocenters. The number of nitrogens with one attached hydrogen (secondary N) is 1. The van der Waals surface area contributed by atoms with Crippen LogP contribution in [-0.2, 0) is 15.7 Å². The smallest absolute Gasteiger partial charge is 0.230 e. The molecule has 1 amide bonds. The van der Waals surface area contributed by atoms with Gasteiger partial charge in [-0.15, -0.1) is 0 Å². The summed E-state index contributed by atoms with van der Waals surface area (Å²) in [5, 5.41) is 3.16. The molecule has 4 nitrogen and oxygen atoms in total. The zero-order valence-electron chi connectivity index (χ0n) is 15.8. The zero-order valence-corrected chi connectivity index (χ0v) is 15.8. The van der Waals surface area contributed by atoms with Crippen LogP contribution in [0.2, 0.25) is 0 Å². The molecule has 2 aromatic carbocycles. The van der Waals surface area contributed by atoms with Crippen LogP contribution < -0.4 is 14.8 Å². The molecular formula is C21H27NO3. The molecule has 1 N–H and O–H groups in total. The van der Waals surface area contributed by atoms with Gasteiger partial charge in [0, 0.05) is 5.56 Å². The van der Waals surface area contributed by atoms with E-state index in [2.05, 4.69) is 5.32 Å². The minimum atomic E-state index is -0.726. The normalized spacial score (nSPS) is 11.8. The lowest BCUT2D eigenvalue weighted by Gasteiger charge is -2.33. The van der Waals surface area contributed by atoms with E-state index < -0.39 is 11.0 Å². The summed E-state index contributed by atoms with van der Waals surface area (Å²) in [7, 11) is 3.26. The molecule has 2 rings (SSSR count). The summed E-state index contributed by atoms with van der Waals surface area (Å²) in [5.41, 5.74) is 0.636. The third kappa shape index (κ3) is 3.95. The Morgan fingerprint density at radius 3 is 2.04 bits per heavy atom. The van der Waals surface area contributed by atoms with Crippen LogP contribution in [0.1, 0.15) is 38.8 Å². The molecule has 134 valence electrons. The van der Waals surface area contributed by atoms with Gasteiger partial charge in [0.15, 0.2) is 0 Å². The molecule has 4 heteroatoms. The highest BCUT2D eigenvalue weighted by molar-refractivity contribution is 5.88. The molecule has 0 bridgehead atoms. The second kappa shape index (κ2) is 7.18. The molecule has 25 heavy (non-hydrogen) atoms. The molecule has 0 atom stereocenters. The van der Waals surface area contributed by atoms with Crippen molar-refractivity contribution in [2.75, 3.05) is 14.2 Å². The van der Waals surface area contributed by atoms with Gasteiger partial charge in [-0.25, -0.2) is 0 Å². The second-order valence-corrected chi connectivity index (χ2v) is 7.13. The van der Waals surface area contributed by atoms with E-state index in [9.17, 15) is 4.79 Å². The number of carbonyl (C=O) groups excluding carboxylic acids is 1. The fourth-order valence-corrected chi connectivity index (χ4v) is 2.80. The van der Waals surface area contributed by atoms with Gasteiger partial charge in [-0.3, -0.25) is 4.79 Å². The van der Waals surface area contributed by atoms with E-state index in [1.165, 1.54) is 0 Å². The molecule has 0 heterocycles. The quantitative estimate of drug-likeness (QED) is 0.863. The van der Waals surface area contributed by atoms with Gasteiger partial charge in [-0.05, 0) is 51.5 Å². The van der Waals surface area contributed by atoms with Crippen molar-refractivity contribution < 1.29 is 14.3 Å². The molecule has 0 aliphatic rings. The van der Waals surface area contributed by atoms with E-state index in [0.717, 1.165) is 16.9 Å². The van der Waals surface area contributed by atoms with Gasteiger partial charge in [0.25, 0.3) is 0 Å². The minimum Gasteiger partial charge on any atom is -0.497 e. The Hall–Kier alpha value is -2.49. The molecule has 0 fully saturated rings. The summed E-state index contributed by atoms with van der Waals surface area (Å²) >= 11 is 0. The van der Waals surface area contributed by atoms with Crippen LogP contribution in [0.15, 0.2) is 48.5 Å². The number of para-hydroxylation sites is 1. The highest BCUT2D eigenvalue weighted by Crippen LogP contribution is 2.33. The molecular weight excluding hydrogens is 314 g/mol. The summed E-state index contributed by atoms with van der Waals surface area (Å²) < 4.78 is 10.6. The third-order valence-electron chi connectivity index (χ3n) is 4.59. The summed E-state index contributed by atoms with van der Waals surface area (Å²) in [6.45, 7) is 7.80. The van der Waals surface area contributed by atoms with Gasteiger partial charge in [-0.1, -0.05) is 30.3 Å². The van der Waals surface area contributed by atoms with E-state index in [-0.39, 0.29) is 5.91 Å². The van der Waals surface area contributed by atoms with Crippen molar-refractivity contribution >= 4 is 5.91 Å². The molecule has 0 saturated carbocycles. The number of hydrogen-bond acceptors (Lipinski definition) is 3. The topological polar surface area (TPSA) is 47.6 Å². The maximum Gasteiger partial charge on any atom is 0.230 e. The number of ether oxygens (including phenoxy) is 2. The summed E-state index contributed by atoms with van der Waals surface area (Å²) in [4.78, 5) is 13.1. The Morgan fingerprint density at radius 2 is 1.48 bits per heavy atom. The van der Waals surface area contributed by atoms with Crippen molar-refractivity contribution in [1.29, 1.82) is 0 Å². The van der Waals surface area contributed by atoms with Crippen LogP contribution in [0.4, 0.5) is 0 Å². The van der Waals surface area contributed by atoms with Crippen LogP contribution in [0.5, 0.6) is 11.5 Å². The average molecular weight is 341 g/mol. The van der Waals surface area contributed by atoms with Crippen molar-refractivity contribution in [3.63, 3.8) is 0 Å². The highest BCUT2D eigenvalue weighted by Gasteiger charge is 2.36. The maximum absolute atomic E-state index is 13.1. The lowest BCUT2D eigenvalue weighted by atomic mass is 9.81. The predicted molar refractivity (Wildman–Crippen MR) is 100 cm³/mol. The van der Waals surface area contributed by atoms with E-state index in [4.69, 9.17) is 9.47 Å². The van der Waals surface area contributed by atoms with Crippen LogP contribution in [0.3, 0.4) is 0 Å². The largest absolute Gasteiger partial charge is 0.497 e. The summed E-state index contributed by atoms with van der Waals surface area (Å²) in [6, 6.07) is 15.4. The highest BCUT2D eigenvalue weighted by atomic mass is 16.5. The first kappa shape index (κ1) is 18.8. The van der Waals surface area contributed by atoms with E-state index >= 15 is 0 Å². The first-order chi connectivity index (χ1) is 11.7. The first-order valence-corrected chi connectivity index (χ1v) is 8.33. The van der Waals surface area contributed by atoms with Gasteiger partial charge >= 0.3 is 0 Å². The Morgan fingerprint density at radius 1 is 0.880 bits per heavy atom. The standard InChI is InChI=1S/C21H27NO3/c1-20(2,17-9-7-8-10-18(17)25-6)19(23)22-21(3,4)15-11-13-16(24-5)14-12-15/h7-14H,1-6H3,(H,22,23). The summed E-state index contributed by atoms with van der Waals surface area (Å²) in [6.07, 6.45) is 0. The Kier molecular flexibility index (Phi) is 5.41. The number of benzene rings is 2. The number of methoxy groups -OCH3 is 2. The predicted octanol–water partition coefficient (Wildman–Crippen LogP) is 4.03. The lowest BCUT2D eigenvalue weighted by molar-refractivity contribution is -0.127. The Bertz CT molecular complexity index is 733. The minimum absolute atomic E-state index is 0.0576. The number of hydrogen-bond donors (Lipinski definition) is 1. The summed E-state index contributed by atoms with van der Waals surface area (Å²) in [5.74, 6) is 1.45. The molecule has 0 aliphatic carbocycles. The molecule has 0 aliphatic heterocycles. The fourth-order valence-electron chi connectivity index (χ4n) is 2.80. The van der Waals surface area contributed by atoms with Crippen LogP contribution in [0.25, 0.3) is 0 Å². The molecule has 0 radical (unpaired) electrons. The van der Waals surface area contributed by atoms with Crippen molar-refractivity contribution in [1.82, 2.24) is 5.32 Å². The van der Waals surface area contributed by atoms with Gasteiger partial charge in [0.05, 0.1) is 25.2 Å². The first-order valence-electron chi connectivity index (χ1n) is 8.33. The lowest BCUT2D eigenvalue weighted by Crippen LogP contribution is -2.48. The molecule has 2 aromatic rings. The number of amides is 1. The van der Waals surface area contributed by atoms with Gasteiger partial charge < -0.3 is 14.8 Å². The van der Waals surface area contributed by atoms with Crippen molar-refractivity contribution in [2.24, 2.45) is 0 Å². The van der Waals surface area contributed by atoms with Crippen molar-refractivity contribution in [2.45, 2.75) is 38.6 Å². The number of rotatable bonds is 6. The van der Waals surface area contributed by atoms with E-state index in [1.54, 1.807) is 14.2 Å². The average Bonchev–Trinajstić information content (AvgIpc) is 2.61. The maximum atomic E-state index is 13.1. The Labute approximate surface area is 150 Å². The van der Waals surface area contributed by atoms with Crippen LogP contribution in [0, 0.1) is 0 Å². The van der Waals surface area contributed by atoms with Gasteiger partial charge in [0.2, 0.25) is 5.91 Å². The van der Waals surface area contributed by atoms with E-state index in [0.29, 0.717) is 5.75 Å². The van der Waals surface area contributed by atoms with Gasteiger partial charge in [0.1, 0.15) is 11.5 Å². The molecule has 0 aromatic heterocycles. The SMILES string of the molecule is COc1ccc(C(C)(C)NC(=O)C(C)(C)c2ccccc2OC)cc1. The Balaban J connectivity index is 2.26. The molecule has 0 saturated heterocycles. The second-order valence-electron chi connectivity index (χ2n) is 7.13. The van der Waals surface area contributed by atoms with Gasteiger partial charge in [-0.2, -0.15) is 0 Å². The zero-order chi connectivity index (χ0) is 18.7. The van der Waals surface area contributed by atoms with Crippen molar-refractivity contribution in [3.05, 3.63) is 59.7 Å². The van der Waals surface area contributed by atoms with E-state index in [1.807, 2.05) is 76.2 Å². The third-order valence-corrected chi connectivity index (χ3v) is 4.59. The number of carbonyl (C=O) groups is 1.